The Morgan fingerprint density at radius 3 is 2.74 bits per heavy atom. The molecule has 0 atom stereocenters. The van der Waals surface area contributed by atoms with E-state index >= 15 is 0 Å². The zero-order valence-electron chi connectivity index (χ0n) is 10.8. The monoisotopic (exact) mass is 261 g/mol. The SMILES string of the molecule is CCn1nnnc1COc1ccc(C(=O)NC)cc1. The van der Waals surface area contributed by atoms with Gasteiger partial charge in [-0.25, -0.2) is 4.68 Å². The lowest BCUT2D eigenvalue weighted by molar-refractivity contribution is 0.0963. The first-order valence-corrected chi connectivity index (χ1v) is 5.94. The number of aryl methyl sites for hydroxylation is 1. The highest BCUT2D eigenvalue weighted by atomic mass is 16.5. The van der Waals surface area contributed by atoms with Crippen LogP contribution >= 0.6 is 0 Å². The van der Waals surface area contributed by atoms with E-state index in [0.29, 0.717) is 30.3 Å². The molecule has 7 nitrogen and oxygen atoms in total. The second-order valence-electron chi connectivity index (χ2n) is 3.80. The molecular formula is C12H15N5O2. The van der Waals surface area contributed by atoms with Crippen LogP contribution in [0.15, 0.2) is 24.3 Å². The molecule has 0 radical (unpaired) electrons. The van der Waals surface area contributed by atoms with Gasteiger partial charge in [-0.05, 0) is 41.6 Å². The van der Waals surface area contributed by atoms with Gasteiger partial charge < -0.3 is 10.1 Å². The lowest BCUT2D eigenvalue weighted by Crippen LogP contribution is -2.17. The van der Waals surface area contributed by atoms with Crippen LogP contribution in [0, 0.1) is 0 Å². The Balaban J connectivity index is 1.98. The van der Waals surface area contributed by atoms with Crippen molar-refractivity contribution in [1.82, 2.24) is 25.5 Å². The normalized spacial score (nSPS) is 10.2. The fourth-order valence-corrected chi connectivity index (χ4v) is 1.57. The fraction of sp³-hybridized carbons (Fsp3) is 0.333. The number of nitrogens with one attached hydrogen (secondary N) is 1. The molecule has 0 aliphatic carbocycles. The number of benzene rings is 1. The summed E-state index contributed by atoms with van der Waals surface area (Å²) in [5.41, 5.74) is 0.591. The first-order valence-electron chi connectivity index (χ1n) is 5.94. The average molecular weight is 261 g/mol. The Morgan fingerprint density at radius 2 is 2.11 bits per heavy atom. The number of ether oxygens (including phenoxy) is 1. The van der Waals surface area contributed by atoms with Crippen molar-refractivity contribution in [2.24, 2.45) is 0 Å². The molecule has 1 N–H and O–H groups in total. The Kier molecular flexibility index (Phi) is 4.07. The van der Waals surface area contributed by atoms with Crippen LogP contribution in [0.4, 0.5) is 0 Å². The van der Waals surface area contributed by atoms with E-state index in [-0.39, 0.29) is 5.91 Å². The second-order valence-corrected chi connectivity index (χ2v) is 3.80. The maximum Gasteiger partial charge on any atom is 0.251 e. The van der Waals surface area contributed by atoms with E-state index in [4.69, 9.17) is 4.74 Å². The van der Waals surface area contributed by atoms with Crippen LogP contribution in [0.3, 0.4) is 0 Å². The second kappa shape index (κ2) is 5.94. The highest BCUT2D eigenvalue weighted by Gasteiger charge is 2.06. The Labute approximate surface area is 110 Å². The molecular weight excluding hydrogens is 246 g/mol. The first kappa shape index (κ1) is 13.0. The Bertz CT molecular complexity index is 550. The summed E-state index contributed by atoms with van der Waals surface area (Å²) in [5.74, 6) is 1.21. The summed E-state index contributed by atoms with van der Waals surface area (Å²) in [6.07, 6.45) is 0. The number of nitrogens with zero attached hydrogens (tertiary/aromatic N) is 4. The predicted octanol–water partition coefficient (Wildman–Crippen LogP) is 0.632. The van der Waals surface area contributed by atoms with E-state index in [1.807, 2.05) is 6.92 Å². The molecule has 1 aromatic carbocycles. The number of rotatable bonds is 5. The summed E-state index contributed by atoms with van der Waals surface area (Å²) < 4.78 is 7.23. The van der Waals surface area contributed by atoms with Gasteiger partial charge in [0.15, 0.2) is 5.82 Å². The minimum atomic E-state index is -0.124. The van der Waals surface area contributed by atoms with Crippen LogP contribution in [0.1, 0.15) is 23.1 Å². The lowest BCUT2D eigenvalue weighted by atomic mass is 10.2. The van der Waals surface area contributed by atoms with Gasteiger partial charge in [0, 0.05) is 19.2 Å². The van der Waals surface area contributed by atoms with Crippen molar-refractivity contribution >= 4 is 5.91 Å². The zero-order chi connectivity index (χ0) is 13.7. The number of tetrazole rings is 1. The quantitative estimate of drug-likeness (QED) is 0.853. The molecule has 1 aromatic heterocycles. The highest BCUT2D eigenvalue weighted by Crippen LogP contribution is 2.13. The molecule has 0 saturated carbocycles. The largest absolute Gasteiger partial charge is 0.486 e. The van der Waals surface area contributed by atoms with Crippen LogP contribution in [-0.2, 0) is 13.2 Å². The molecule has 0 aliphatic heterocycles. The van der Waals surface area contributed by atoms with E-state index in [1.54, 1.807) is 36.0 Å². The van der Waals surface area contributed by atoms with Gasteiger partial charge in [-0.1, -0.05) is 0 Å². The number of aromatic nitrogens is 4. The van der Waals surface area contributed by atoms with E-state index < -0.39 is 0 Å². The summed E-state index contributed by atoms with van der Waals surface area (Å²) in [4.78, 5) is 11.4. The molecule has 1 amide bonds. The minimum Gasteiger partial charge on any atom is -0.486 e. The van der Waals surface area contributed by atoms with Gasteiger partial charge in [-0.2, -0.15) is 0 Å². The smallest absolute Gasteiger partial charge is 0.251 e. The van der Waals surface area contributed by atoms with Gasteiger partial charge in [0.2, 0.25) is 0 Å². The Hall–Kier alpha value is -2.44. The van der Waals surface area contributed by atoms with E-state index in [0.717, 1.165) is 0 Å². The van der Waals surface area contributed by atoms with E-state index in [9.17, 15) is 4.79 Å². The van der Waals surface area contributed by atoms with E-state index in [1.165, 1.54) is 0 Å². The van der Waals surface area contributed by atoms with Crippen LogP contribution < -0.4 is 10.1 Å². The number of hydrogen-bond acceptors (Lipinski definition) is 5. The van der Waals surface area contributed by atoms with Crippen molar-refractivity contribution in [2.45, 2.75) is 20.1 Å². The summed E-state index contributed by atoms with van der Waals surface area (Å²) >= 11 is 0. The van der Waals surface area contributed by atoms with Gasteiger partial charge in [-0.15, -0.1) is 5.10 Å². The summed E-state index contributed by atoms with van der Waals surface area (Å²) in [6.45, 7) is 2.94. The third-order valence-corrected chi connectivity index (χ3v) is 2.62. The topological polar surface area (TPSA) is 81.9 Å². The third kappa shape index (κ3) is 3.06. The standard InChI is InChI=1S/C12H15N5O2/c1-3-17-11(14-15-16-17)8-19-10-6-4-9(5-7-10)12(18)13-2/h4-7H,3,8H2,1-2H3,(H,13,18). The zero-order valence-corrected chi connectivity index (χ0v) is 10.8. The maximum absolute atomic E-state index is 11.4. The molecule has 0 saturated heterocycles. The minimum absolute atomic E-state index is 0.124. The van der Waals surface area contributed by atoms with Crippen LogP contribution in [0.2, 0.25) is 0 Å². The summed E-state index contributed by atoms with van der Waals surface area (Å²) in [7, 11) is 1.59. The van der Waals surface area contributed by atoms with Crippen LogP contribution in [0.5, 0.6) is 5.75 Å². The van der Waals surface area contributed by atoms with Crippen molar-refractivity contribution in [3.63, 3.8) is 0 Å². The van der Waals surface area contributed by atoms with Gasteiger partial charge in [0.25, 0.3) is 5.91 Å². The molecule has 0 unspecified atom stereocenters. The van der Waals surface area contributed by atoms with Crippen LogP contribution in [0.25, 0.3) is 0 Å². The number of hydrogen-bond donors (Lipinski definition) is 1. The fourth-order valence-electron chi connectivity index (χ4n) is 1.57. The highest BCUT2D eigenvalue weighted by molar-refractivity contribution is 5.94. The van der Waals surface area contributed by atoms with Crippen molar-refractivity contribution in [1.29, 1.82) is 0 Å². The molecule has 19 heavy (non-hydrogen) atoms. The van der Waals surface area contributed by atoms with Crippen molar-refractivity contribution < 1.29 is 9.53 Å². The van der Waals surface area contributed by atoms with Crippen LogP contribution in [-0.4, -0.2) is 33.2 Å². The maximum atomic E-state index is 11.4. The Morgan fingerprint density at radius 1 is 1.37 bits per heavy atom. The lowest BCUT2D eigenvalue weighted by Gasteiger charge is -2.06. The molecule has 2 aromatic rings. The molecule has 100 valence electrons. The summed E-state index contributed by atoms with van der Waals surface area (Å²) in [5, 5.41) is 13.8. The van der Waals surface area contributed by atoms with Gasteiger partial charge >= 0.3 is 0 Å². The molecule has 0 aliphatic rings. The number of carbonyl (C=O) groups excluding carboxylic acids is 1. The van der Waals surface area contributed by atoms with Gasteiger partial charge in [0.05, 0.1) is 0 Å². The third-order valence-electron chi connectivity index (χ3n) is 2.62. The van der Waals surface area contributed by atoms with Crippen molar-refractivity contribution in [2.75, 3.05) is 7.05 Å². The molecule has 2 rings (SSSR count). The summed E-state index contributed by atoms with van der Waals surface area (Å²) in [6, 6.07) is 6.89. The first-order chi connectivity index (χ1) is 9.24. The van der Waals surface area contributed by atoms with Gasteiger partial charge in [0.1, 0.15) is 12.4 Å². The molecule has 0 fully saturated rings. The molecule has 0 spiro atoms. The molecule has 7 heteroatoms. The number of amides is 1. The van der Waals surface area contributed by atoms with Crippen molar-refractivity contribution in [3.05, 3.63) is 35.7 Å². The predicted molar refractivity (Wildman–Crippen MR) is 67.7 cm³/mol. The van der Waals surface area contributed by atoms with Gasteiger partial charge in [-0.3, -0.25) is 4.79 Å². The van der Waals surface area contributed by atoms with Crippen molar-refractivity contribution in [3.8, 4) is 5.75 Å². The van der Waals surface area contributed by atoms with E-state index in [2.05, 4.69) is 20.8 Å². The molecule has 1 heterocycles. The number of carbonyl (C=O) groups is 1. The average Bonchev–Trinajstić information content (AvgIpc) is 2.92. The molecule has 0 bridgehead atoms.